The summed E-state index contributed by atoms with van der Waals surface area (Å²) < 4.78 is 55.2. The molecule has 0 rings (SSSR count). The van der Waals surface area contributed by atoms with Gasteiger partial charge in [-0.15, -0.1) is 0 Å². The SMILES string of the molecule is C=C(C)C(=O)OC(F)C(F)C(F)F.C=CC(=O)OC. The molecule has 110 valence electrons. The zero-order valence-corrected chi connectivity index (χ0v) is 10.4. The minimum Gasteiger partial charge on any atom is -0.466 e. The predicted octanol–water partition coefficient (Wildman–Crippen LogP) is 2.35. The molecule has 0 aliphatic heterocycles. The zero-order chi connectivity index (χ0) is 15.6. The summed E-state index contributed by atoms with van der Waals surface area (Å²) in [5, 5.41) is 0. The van der Waals surface area contributed by atoms with Crippen molar-refractivity contribution in [2.24, 2.45) is 0 Å². The van der Waals surface area contributed by atoms with Crippen molar-refractivity contribution in [3.8, 4) is 0 Å². The van der Waals surface area contributed by atoms with Gasteiger partial charge < -0.3 is 9.47 Å². The predicted molar refractivity (Wildman–Crippen MR) is 58.9 cm³/mol. The van der Waals surface area contributed by atoms with E-state index in [0.29, 0.717) is 0 Å². The standard InChI is InChI=1S/C7H8F4O2.C4H6O2/c1-3(2)7(12)13-6(11)4(8)5(9)10;1-3-4(5)6-2/h4-6H,1H2,2H3;3H,1H2,2H3. The number of esters is 2. The van der Waals surface area contributed by atoms with E-state index in [1.165, 1.54) is 14.0 Å². The second kappa shape index (κ2) is 10.1. The Kier molecular flexibility index (Phi) is 10.4. The molecule has 0 aromatic carbocycles. The Hall–Kier alpha value is -1.86. The summed E-state index contributed by atoms with van der Waals surface area (Å²) in [5.41, 5.74) is -0.191. The molecule has 0 bridgehead atoms. The first-order valence-corrected chi connectivity index (χ1v) is 4.80. The molecule has 19 heavy (non-hydrogen) atoms. The van der Waals surface area contributed by atoms with Crippen molar-refractivity contribution in [3.63, 3.8) is 0 Å². The number of hydrogen-bond acceptors (Lipinski definition) is 4. The van der Waals surface area contributed by atoms with E-state index in [9.17, 15) is 27.2 Å². The van der Waals surface area contributed by atoms with Crippen LogP contribution in [0.25, 0.3) is 0 Å². The van der Waals surface area contributed by atoms with E-state index in [4.69, 9.17) is 0 Å². The van der Waals surface area contributed by atoms with Gasteiger partial charge >= 0.3 is 11.9 Å². The summed E-state index contributed by atoms with van der Waals surface area (Å²) in [7, 11) is 1.31. The smallest absolute Gasteiger partial charge is 0.335 e. The van der Waals surface area contributed by atoms with E-state index >= 15 is 0 Å². The van der Waals surface area contributed by atoms with Crippen molar-refractivity contribution < 1.29 is 36.6 Å². The van der Waals surface area contributed by atoms with Gasteiger partial charge in [-0.2, -0.15) is 4.39 Å². The monoisotopic (exact) mass is 286 g/mol. The highest BCUT2D eigenvalue weighted by atomic mass is 19.3. The van der Waals surface area contributed by atoms with Gasteiger partial charge in [0.2, 0.25) is 6.17 Å². The lowest BCUT2D eigenvalue weighted by Crippen LogP contribution is -2.29. The van der Waals surface area contributed by atoms with Crippen LogP contribution in [0.5, 0.6) is 0 Å². The molecule has 0 radical (unpaired) electrons. The van der Waals surface area contributed by atoms with Crippen molar-refractivity contribution in [2.75, 3.05) is 7.11 Å². The fourth-order valence-corrected chi connectivity index (χ4v) is 0.466. The minimum atomic E-state index is -3.52. The first-order chi connectivity index (χ1) is 8.67. The third-order valence-electron chi connectivity index (χ3n) is 1.43. The lowest BCUT2D eigenvalue weighted by Gasteiger charge is -2.13. The number of ether oxygens (including phenoxy) is 2. The third-order valence-corrected chi connectivity index (χ3v) is 1.43. The second-order valence-corrected chi connectivity index (χ2v) is 3.04. The highest BCUT2D eigenvalue weighted by Gasteiger charge is 2.32. The fourth-order valence-electron chi connectivity index (χ4n) is 0.466. The van der Waals surface area contributed by atoms with Gasteiger partial charge in [-0.25, -0.2) is 22.8 Å². The van der Waals surface area contributed by atoms with Crippen LogP contribution in [0.15, 0.2) is 24.8 Å². The molecule has 0 aromatic rings. The normalized spacial score (nSPS) is 12.6. The van der Waals surface area contributed by atoms with E-state index < -0.39 is 30.9 Å². The van der Waals surface area contributed by atoms with Gasteiger partial charge in [0.05, 0.1) is 7.11 Å². The number of methoxy groups -OCH3 is 1. The summed E-state index contributed by atoms with van der Waals surface area (Å²) in [6, 6.07) is 0. The van der Waals surface area contributed by atoms with Gasteiger partial charge in [0.25, 0.3) is 12.8 Å². The van der Waals surface area contributed by atoms with E-state index in [0.717, 1.165) is 6.08 Å². The molecule has 2 atom stereocenters. The number of carbonyl (C=O) groups excluding carboxylic acids is 2. The maximum atomic E-state index is 12.3. The molecule has 8 heteroatoms. The molecule has 4 nitrogen and oxygen atoms in total. The Bertz CT molecular complexity index is 331. The molecule has 0 saturated carbocycles. The van der Waals surface area contributed by atoms with Crippen LogP contribution in [0.1, 0.15) is 6.92 Å². The summed E-state index contributed by atoms with van der Waals surface area (Å²) in [6.45, 7) is 7.40. The Morgan fingerprint density at radius 1 is 1.21 bits per heavy atom. The average molecular weight is 286 g/mol. The molecule has 0 amide bonds. The van der Waals surface area contributed by atoms with E-state index in [2.05, 4.69) is 22.6 Å². The topological polar surface area (TPSA) is 52.6 Å². The van der Waals surface area contributed by atoms with Gasteiger partial charge in [0.1, 0.15) is 0 Å². The van der Waals surface area contributed by atoms with Gasteiger partial charge in [0.15, 0.2) is 0 Å². The van der Waals surface area contributed by atoms with Gasteiger partial charge in [-0.1, -0.05) is 13.2 Å². The van der Waals surface area contributed by atoms with Crippen molar-refractivity contribution in [3.05, 3.63) is 24.8 Å². The average Bonchev–Trinajstić information content (AvgIpc) is 2.36. The van der Waals surface area contributed by atoms with Gasteiger partial charge in [-0.05, 0) is 6.92 Å². The molecule has 2 unspecified atom stereocenters. The second-order valence-electron chi connectivity index (χ2n) is 3.04. The Morgan fingerprint density at radius 2 is 1.68 bits per heavy atom. The maximum Gasteiger partial charge on any atom is 0.335 e. The Morgan fingerprint density at radius 3 is 1.89 bits per heavy atom. The molecule has 0 aliphatic carbocycles. The minimum absolute atomic E-state index is 0.191. The van der Waals surface area contributed by atoms with Crippen LogP contribution < -0.4 is 0 Å². The fraction of sp³-hybridized carbons (Fsp3) is 0.455. The molecule has 0 aromatic heterocycles. The van der Waals surface area contributed by atoms with Crippen LogP contribution in [0.3, 0.4) is 0 Å². The lowest BCUT2D eigenvalue weighted by molar-refractivity contribution is -0.167. The summed E-state index contributed by atoms with van der Waals surface area (Å²) in [5.74, 6) is -1.63. The first-order valence-electron chi connectivity index (χ1n) is 4.80. The van der Waals surface area contributed by atoms with Crippen molar-refractivity contribution in [1.29, 1.82) is 0 Å². The highest BCUT2D eigenvalue weighted by Crippen LogP contribution is 2.15. The Labute approximate surface area is 107 Å². The molecular formula is C11H14F4O4. The van der Waals surface area contributed by atoms with Crippen LogP contribution >= 0.6 is 0 Å². The molecule has 0 saturated heterocycles. The lowest BCUT2D eigenvalue weighted by atomic mass is 10.3. The van der Waals surface area contributed by atoms with Crippen molar-refractivity contribution in [1.82, 2.24) is 0 Å². The van der Waals surface area contributed by atoms with E-state index in [1.807, 2.05) is 0 Å². The van der Waals surface area contributed by atoms with Crippen LogP contribution in [0.2, 0.25) is 0 Å². The first kappa shape index (κ1) is 19.5. The van der Waals surface area contributed by atoms with E-state index in [-0.39, 0.29) is 5.57 Å². The number of carbonyl (C=O) groups is 2. The summed E-state index contributed by atoms with van der Waals surface area (Å²) in [6.07, 6.45) is -8.49. The maximum absolute atomic E-state index is 12.3. The molecule has 0 spiro atoms. The Balaban J connectivity index is 0. The number of hydrogen-bond donors (Lipinski definition) is 0. The van der Waals surface area contributed by atoms with Gasteiger partial charge in [-0.3, -0.25) is 0 Å². The number of halogens is 4. The van der Waals surface area contributed by atoms with E-state index in [1.54, 1.807) is 0 Å². The van der Waals surface area contributed by atoms with Crippen molar-refractivity contribution >= 4 is 11.9 Å². The van der Waals surface area contributed by atoms with Crippen LogP contribution in [0, 0.1) is 0 Å². The molecule has 0 fully saturated rings. The summed E-state index contributed by atoms with van der Waals surface area (Å²) >= 11 is 0. The number of alkyl halides is 4. The molecular weight excluding hydrogens is 272 g/mol. The third kappa shape index (κ3) is 9.81. The number of rotatable bonds is 5. The summed E-state index contributed by atoms with van der Waals surface area (Å²) in [4.78, 5) is 20.3. The zero-order valence-electron chi connectivity index (χ0n) is 10.4. The van der Waals surface area contributed by atoms with Crippen molar-refractivity contribution in [2.45, 2.75) is 25.9 Å². The largest absolute Gasteiger partial charge is 0.466 e. The van der Waals surface area contributed by atoms with Crippen LogP contribution in [-0.2, 0) is 19.1 Å². The quantitative estimate of drug-likeness (QED) is 0.442. The molecule has 0 N–H and O–H groups in total. The van der Waals surface area contributed by atoms with Crippen LogP contribution in [0.4, 0.5) is 17.6 Å². The van der Waals surface area contributed by atoms with Gasteiger partial charge in [0, 0.05) is 11.6 Å². The molecule has 0 heterocycles. The van der Waals surface area contributed by atoms with Crippen LogP contribution in [-0.4, -0.2) is 38.0 Å². The molecule has 0 aliphatic rings. The highest BCUT2D eigenvalue weighted by molar-refractivity contribution is 5.87.